The summed E-state index contributed by atoms with van der Waals surface area (Å²) in [6, 6.07) is 10.1. The van der Waals surface area contributed by atoms with Crippen molar-refractivity contribution >= 4 is 22.7 Å². The fourth-order valence-electron chi connectivity index (χ4n) is 4.38. The maximum atomic E-state index is 13.0. The minimum absolute atomic E-state index is 0.00795. The van der Waals surface area contributed by atoms with Gasteiger partial charge < -0.3 is 14.8 Å². The summed E-state index contributed by atoms with van der Waals surface area (Å²) in [5.74, 6) is 0.0445. The summed E-state index contributed by atoms with van der Waals surface area (Å²) in [5, 5.41) is 11.3. The Morgan fingerprint density at radius 3 is 2.80 bits per heavy atom. The lowest BCUT2D eigenvalue weighted by Crippen LogP contribution is -2.52. The van der Waals surface area contributed by atoms with E-state index in [-0.39, 0.29) is 11.8 Å². The average molecular weight is 408 g/mol. The molecule has 1 atom stereocenters. The molecule has 0 spiro atoms. The van der Waals surface area contributed by atoms with E-state index in [0.29, 0.717) is 26.2 Å². The molecule has 1 aromatic carbocycles. The number of hydrogen-bond donors (Lipinski definition) is 2. The van der Waals surface area contributed by atoms with Crippen molar-refractivity contribution in [3.8, 4) is 0 Å². The predicted molar refractivity (Wildman–Crippen MR) is 116 cm³/mol. The number of aryl methyl sites for hydroxylation is 2. The maximum Gasteiger partial charge on any atom is 0.242 e. The largest absolute Gasteiger partial charge is 0.351 e. The summed E-state index contributed by atoms with van der Waals surface area (Å²) in [6.07, 6.45) is 3.55. The first kappa shape index (κ1) is 20.2. The van der Waals surface area contributed by atoms with Crippen LogP contribution in [0, 0.1) is 19.3 Å². The van der Waals surface area contributed by atoms with Crippen LogP contribution in [0.25, 0.3) is 10.9 Å². The van der Waals surface area contributed by atoms with E-state index < -0.39 is 5.41 Å². The van der Waals surface area contributed by atoms with Crippen LogP contribution in [0.15, 0.2) is 36.5 Å². The molecule has 2 N–H and O–H groups in total. The monoisotopic (exact) mass is 407 g/mol. The van der Waals surface area contributed by atoms with Gasteiger partial charge in [-0.2, -0.15) is 5.10 Å². The van der Waals surface area contributed by atoms with E-state index >= 15 is 0 Å². The topological polar surface area (TPSA) is 83.0 Å². The number of para-hydroxylation sites is 1. The van der Waals surface area contributed by atoms with E-state index in [2.05, 4.69) is 15.5 Å². The van der Waals surface area contributed by atoms with Crippen LogP contribution in [0.3, 0.4) is 0 Å². The molecule has 1 saturated heterocycles. The summed E-state index contributed by atoms with van der Waals surface area (Å²) in [4.78, 5) is 27.9. The van der Waals surface area contributed by atoms with Gasteiger partial charge in [-0.1, -0.05) is 18.2 Å². The highest BCUT2D eigenvalue weighted by atomic mass is 16.2. The summed E-state index contributed by atoms with van der Waals surface area (Å²) in [7, 11) is 0. The number of likely N-dealkylation sites (tertiary alicyclic amines) is 1. The van der Waals surface area contributed by atoms with Crippen LogP contribution in [0.1, 0.15) is 36.7 Å². The molecule has 4 rings (SSSR count). The Morgan fingerprint density at radius 2 is 2.03 bits per heavy atom. The predicted octanol–water partition coefficient (Wildman–Crippen LogP) is 2.93. The molecule has 7 heteroatoms. The van der Waals surface area contributed by atoms with Gasteiger partial charge in [0.05, 0.1) is 11.1 Å². The molecule has 0 saturated carbocycles. The second-order valence-corrected chi connectivity index (χ2v) is 8.58. The number of H-pyrrole nitrogens is 1. The van der Waals surface area contributed by atoms with E-state index in [1.54, 1.807) is 0 Å². The van der Waals surface area contributed by atoms with Crippen LogP contribution in [0.4, 0.5) is 0 Å². The lowest BCUT2D eigenvalue weighted by Gasteiger charge is -2.39. The van der Waals surface area contributed by atoms with Crippen LogP contribution in [0.5, 0.6) is 0 Å². The number of aromatic nitrogens is 3. The quantitative estimate of drug-likeness (QED) is 0.682. The van der Waals surface area contributed by atoms with E-state index in [9.17, 15) is 9.59 Å². The summed E-state index contributed by atoms with van der Waals surface area (Å²) in [5.41, 5.74) is 3.36. The van der Waals surface area contributed by atoms with Gasteiger partial charge in [0.25, 0.3) is 0 Å². The molecule has 0 aliphatic carbocycles. The minimum Gasteiger partial charge on any atom is -0.351 e. The van der Waals surface area contributed by atoms with Crippen molar-refractivity contribution in [3.05, 3.63) is 53.5 Å². The highest BCUT2D eigenvalue weighted by Crippen LogP contribution is 2.30. The Bertz CT molecular complexity index is 1060. The normalized spacial score (nSPS) is 19.2. The van der Waals surface area contributed by atoms with Crippen molar-refractivity contribution in [1.82, 2.24) is 25.0 Å². The number of nitrogens with zero attached hydrogens (tertiary/aromatic N) is 3. The molecule has 1 aliphatic rings. The lowest BCUT2D eigenvalue weighted by atomic mass is 9.81. The Hall–Kier alpha value is -3.09. The highest BCUT2D eigenvalue weighted by molar-refractivity contribution is 5.85. The number of benzene rings is 1. The zero-order valence-electron chi connectivity index (χ0n) is 17.9. The van der Waals surface area contributed by atoms with Gasteiger partial charge in [0.1, 0.15) is 6.54 Å². The van der Waals surface area contributed by atoms with E-state index in [0.717, 1.165) is 40.7 Å². The van der Waals surface area contributed by atoms with Gasteiger partial charge in [0.15, 0.2) is 0 Å². The van der Waals surface area contributed by atoms with Crippen molar-refractivity contribution in [2.24, 2.45) is 5.41 Å². The number of carbonyl (C=O) groups is 2. The summed E-state index contributed by atoms with van der Waals surface area (Å²) >= 11 is 0. The van der Waals surface area contributed by atoms with E-state index in [4.69, 9.17) is 0 Å². The number of fused-ring (bicyclic) bond motifs is 1. The Kier molecular flexibility index (Phi) is 5.37. The van der Waals surface area contributed by atoms with Crippen molar-refractivity contribution < 1.29 is 9.59 Å². The second kappa shape index (κ2) is 7.97. The lowest BCUT2D eigenvalue weighted by molar-refractivity contribution is -0.141. The molecule has 3 aromatic rings. The van der Waals surface area contributed by atoms with Crippen molar-refractivity contribution in [3.63, 3.8) is 0 Å². The smallest absolute Gasteiger partial charge is 0.242 e. The van der Waals surface area contributed by atoms with Crippen LogP contribution in [0.2, 0.25) is 0 Å². The Morgan fingerprint density at radius 1 is 1.23 bits per heavy atom. The van der Waals surface area contributed by atoms with Crippen molar-refractivity contribution in [2.45, 2.75) is 46.7 Å². The zero-order chi connectivity index (χ0) is 21.3. The Labute approximate surface area is 176 Å². The third kappa shape index (κ3) is 3.84. The summed E-state index contributed by atoms with van der Waals surface area (Å²) < 4.78 is 1.98. The minimum atomic E-state index is -0.585. The molecule has 158 valence electrons. The molecule has 1 fully saturated rings. The number of nitrogens with one attached hydrogen (secondary N) is 2. The summed E-state index contributed by atoms with van der Waals surface area (Å²) in [6.45, 7) is 7.72. The number of hydrogen-bond acceptors (Lipinski definition) is 3. The first-order chi connectivity index (χ1) is 14.4. The fraction of sp³-hybridized carbons (Fsp3) is 0.435. The van der Waals surface area contributed by atoms with Gasteiger partial charge in [0, 0.05) is 42.6 Å². The van der Waals surface area contributed by atoms with Crippen molar-refractivity contribution in [2.75, 3.05) is 13.1 Å². The Balaban J connectivity index is 1.41. The number of carbonyl (C=O) groups excluding carboxylic acids is 2. The molecular weight excluding hydrogens is 378 g/mol. The van der Waals surface area contributed by atoms with Crippen LogP contribution in [-0.2, 0) is 22.7 Å². The second-order valence-electron chi connectivity index (χ2n) is 8.58. The van der Waals surface area contributed by atoms with Gasteiger partial charge in [-0.25, -0.2) is 0 Å². The van der Waals surface area contributed by atoms with Crippen LogP contribution >= 0.6 is 0 Å². The number of piperidine rings is 1. The first-order valence-corrected chi connectivity index (χ1v) is 10.5. The van der Waals surface area contributed by atoms with Gasteiger partial charge in [-0.3, -0.25) is 14.7 Å². The SMILES string of the molecule is Cc1n[nH]c(C)c1CNC(=O)[C@@]1(C)CCCN(C(=O)Cn2ccc3ccccc32)C1. The molecule has 7 nitrogen and oxygen atoms in total. The average Bonchev–Trinajstić information content (AvgIpc) is 3.29. The highest BCUT2D eigenvalue weighted by Gasteiger charge is 2.39. The van der Waals surface area contributed by atoms with Crippen LogP contribution in [-0.4, -0.2) is 44.6 Å². The zero-order valence-corrected chi connectivity index (χ0v) is 17.9. The van der Waals surface area contributed by atoms with Crippen LogP contribution < -0.4 is 5.32 Å². The third-order valence-electron chi connectivity index (χ3n) is 6.29. The van der Waals surface area contributed by atoms with Crippen molar-refractivity contribution in [1.29, 1.82) is 0 Å². The number of rotatable bonds is 5. The molecule has 0 radical (unpaired) electrons. The molecule has 3 heterocycles. The molecule has 0 unspecified atom stereocenters. The maximum absolute atomic E-state index is 13.0. The molecular formula is C23H29N5O2. The number of aromatic amines is 1. The molecule has 30 heavy (non-hydrogen) atoms. The van der Waals surface area contributed by atoms with Gasteiger partial charge in [0.2, 0.25) is 11.8 Å². The molecule has 2 amide bonds. The standard InChI is InChI=1S/C23H29N5O2/c1-16-19(17(2)26-25-16)13-24-22(30)23(3)10-6-11-28(15-23)21(29)14-27-12-9-18-7-4-5-8-20(18)27/h4-5,7-9,12H,6,10-11,13-15H2,1-3H3,(H,24,30)(H,25,26)/t23-/m0/s1. The number of amides is 2. The van der Waals surface area contributed by atoms with Gasteiger partial charge in [-0.15, -0.1) is 0 Å². The van der Waals surface area contributed by atoms with Gasteiger partial charge >= 0.3 is 0 Å². The molecule has 0 bridgehead atoms. The first-order valence-electron chi connectivity index (χ1n) is 10.5. The van der Waals surface area contributed by atoms with E-state index in [1.807, 2.05) is 66.8 Å². The fourth-order valence-corrected chi connectivity index (χ4v) is 4.38. The third-order valence-corrected chi connectivity index (χ3v) is 6.29. The van der Waals surface area contributed by atoms with Gasteiger partial charge in [-0.05, 0) is 51.1 Å². The van der Waals surface area contributed by atoms with E-state index in [1.165, 1.54) is 0 Å². The molecule has 2 aromatic heterocycles. The molecule has 1 aliphatic heterocycles.